The molecule has 1 aliphatic rings. The number of benzene rings is 1. The highest BCUT2D eigenvalue weighted by molar-refractivity contribution is 6.22. The standard InChI is InChI=1S/C11H8FNO4/c1-5(11(16)17)13-9(14)7-3-2-6(12)4-8(7)10(13)15/h2-5H,1H3,(H,16,17)/t5-/m0/s1. The van der Waals surface area contributed by atoms with Gasteiger partial charge in [-0.3, -0.25) is 14.5 Å². The SMILES string of the molecule is C[C@@H](C(=O)O)N1C(=O)c2ccc(F)cc2C1=O. The number of nitrogens with zero attached hydrogens (tertiary/aromatic N) is 1. The van der Waals surface area contributed by atoms with Gasteiger partial charge in [-0.1, -0.05) is 0 Å². The lowest BCUT2D eigenvalue weighted by Crippen LogP contribution is -2.42. The van der Waals surface area contributed by atoms with Crippen molar-refractivity contribution in [2.75, 3.05) is 0 Å². The van der Waals surface area contributed by atoms with Crippen molar-refractivity contribution in [3.63, 3.8) is 0 Å². The average Bonchev–Trinajstić information content (AvgIpc) is 2.50. The highest BCUT2D eigenvalue weighted by Gasteiger charge is 2.40. The number of carboxylic acids is 1. The molecule has 2 amide bonds. The Morgan fingerprint density at radius 1 is 1.29 bits per heavy atom. The molecule has 1 N–H and O–H groups in total. The van der Waals surface area contributed by atoms with Gasteiger partial charge in [-0.25, -0.2) is 9.18 Å². The fourth-order valence-electron chi connectivity index (χ4n) is 1.69. The van der Waals surface area contributed by atoms with Crippen molar-refractivity contribution in [3.05, 3.63) is 35.1 Å². The molecule has 0 spiro atoms. The van der Waals surface area contributed by atoms with Crippen LogP contribution in [-0.2, 0) is 4.79 Å². The van der Waals surface area contributed by atoms with Gasteiger partial charge < -0.3 is 5.11 Å². The smallest absolute Gasteiger partial charge is 0.326 e. The number of hydrogen-bond donors (Lipinski definition) is 1. The molecule has 1 heterocycles. The Morgan fingerprint density at radius 2 is 1.88 bits per heavy atom. The molecule has 0 saturated carbocycles. The van der Waals surface area contributed by atoms with E-state index in [9.17, 15) is 18.8 Å². The summed E-state index contributed by atoms with van der Waals surface area (Å²) < 4.78 is 13.0. The molecule has 0 radical (unpaired) electrons. The third-order valence-corrected chi connectivity index (χ3v) is 2.62. The number of amides is 2. The molecule has 1 aliphatic heterocycles. The summed E-state index contributed by atoms with van der Waals surface area (Å²) in [4.78, 5) is 35.0. The lowest BCUT2D eigenvalue weighted by Gasteiger charge is -2.17. The van der Waals surface area contributed by atoms with Crippen molar-refractivity contribution in [1.82, 2.24) is 4.90 Å². The highest BCUT2D eigenvalue weighted by atomic mass is 19.1. The van der Waals surface area contributed by atoms with E-state index in [0.717, 1.165) is 12.1 Å². The third kappa shape index (κ3) is 1.57. The minimum absolute atomic E-state index is 0.0319. The molecule has 17 heavy (non-hydrogen) atoms. The summed E-state index contributed by atoms with van der Waals surface area (Å²) in [7, 11) is 0. The van der Waals surface area contributed by atoms with Crippen LogP contribution in [0, 0.1) is 5.82 Å². The summed E-state index contributed by atoms with van der Waals surface area (Å²) in [5.41, 5.74) is -0.0624. The zero-order chi connectivity index (χ0) is 12.7. The monoisotopic (exact) mass is 237 g/mol. The molecule has 0 fully saturated rings. The predicted molar refractivity (Wildman–Crippen MR) is 54.0 cm³/mol. The summed E-state index contributed by atoms with van der Waals surface area (Å²) in [6.45, 7) is 1.22. The van der Waals surface area contributed by atoms with Gasteiger partial charge in [0.1, 0.15) is 11.9 Å². The highest BCUT2D eigenvalue weighted by Crippen LogP contribution is 2.25. The van der Waals surface area contributed by atoms with Crippen molar-refractivity contribution in [2.45, 2.75) is 13.0 Å². The van der Waals surface area contributed by atoms with Gasteiger partial charge in [0, 0.05) is 0 Å². The normalized spacial score (nSPS) is 16.0. The number of imide groups is 1. The van der Waals surface area contributed by atoms with Gasteiger partial charge in [0.2, 0.25) is 0 Å². The Morgan fingerprint density at radius 3 is 2.47 bits per heavy atom. The molecule has 0 aromatic heterocycles. The summed E-state index contributed by atoms with van der Waals surface area (Å²) in [6, 6.07) is 1.90. The lowest BCUT2D eigenvalue weighted by atomic mass is 10.1. The Balaban J connectivity index is 2.49. The zero-order valence-electron chi connectivity index (χ0n) is 8.81. The van der Waals surface area contributed by atoms with E-state index >= 15 is 0 Å². The van der Waals surface area contributed by atoms with Crippen LogP contribution in [0.15, 0.2) is 18.2 Å². The first-order chi connectivity index (χ1) is 7.93. The first-order valence-corrected chi connectivity index (χ1v) is 4.83. The molecule has 5 nitrogen and oxygen atoms in total. The van der Waals surface area contributed by atoms with E-state index in [-0.39, 0.29) is 11.1 Å². The molecular formula is C11H8FNO4. The summed E-state index contributed by atoms with van der Waals surface area (Å²) in [6.07, 6.45) is 0. The van der Waals surface area contributed by atoms with E-state index in [0.29, 0.717) is 4.90 Å². The molecule has 0 bridgehead atoms. The maximum absolute atomic E-state index is 13.0. The van der Waals surface area contributed by atoms with Gasteiger partial charge in [-0.15, -0.1) is 0 Å². The van der Waals surface area contributed by atoms with Crippen LogP contribution >= 0.6 is 0 Å². The topological polar surface area (TPSA) is 74.7 Å². The van der Waals surface area contributed by atoms with E-state index in [1.165, 1.54) is 13.0 Å². The molecule has 0 unspecified atom stereocenters. The molecule has 1 aromatic rings. The van der Waals surface area contributed by atoms with Crippen LogP contribution in [-0.4, -0.2) is 33.8 Å². The van der Waals surface area contributed by atoms with Gasteiger partial charge >= 0.3 is 5.97 Å². The van der Waals surface area contributed by atoms with Gasteiger partial charge in [-0.2, -0.15) is 0 Å². The molecule has 0 saturated heterocycles. The summed E-state index contributed by atoms with van der Waals surface area (Å²) in [5.74, 6) is -3.42. The number of halogens is 1. The Kier molecular flexibility index (Phi) is 2.42. The molecule has 2 rings (SSSR count). The van der Waals surface area contributed by atoms with Crippen LogP contribution in [0.25, 0.3) is 0 Å². The second kappa shape index (κ2) is 3.65. The van der Waals surface area contributed by atoms with Crippen molar-refractivity contribution in [1.29, 1.82) is 0 Å². The Labute approximate surface area is 95.5 Å². The van der Waals surface area contributed by atoms with Crippen LogP contribution < -0.4 is 0 Å². The van der Waals surface area contributed by atoms with Gasteiger partial charge in [-0.05, 0) is 25.1 Å². The lowest BCUT2D eigenvalue weighted by molar-refractivity contribution is -0.140. The molecule has 88 valence electrons. The fraction of sp³-hybridized carbons (Fsp3) is 0.182. The second-order valence-electron chi connectivity index (χ2n) is 3.68. The zero-order valence-corrected chi connectivity index (χ0v) is 8.81. The number of carboxylic acid groups (broad SMARTS) is 1. The van der Waals surface area contributed by atoms with Crippen molar-refractivity contribution in [3.8, 4) is 0 Å². The van der Waals surface area contributed by atoms with E-state index in [1.54, 1.807) is 0 Å². The minimum atomic E-state index is -1.29. The molecule has 0 aliphatic carbocycles. The Bertz CT molecular complexity index is 540. The molecule has 1 atom stereocenters. The summed E-state index contributed by atoms with van der Waals surface area (Å²) >= 11 is 0. The number of hydrogen-bond acceptors (Lipinski definition) is 3. The first kappa shape index (κ1) is 11.3. The average molecular weight is 237 g/mol. The van der Waals surface area contributed by atoms with Crippen molar-refractivity contribution in [2.24, 2.45) is 0 Å². The quantitative estimate of drug-likeness (QED) is 0.775. The summed E-state index contributed by atoms with van der Waals surface area (Å²) in [5, 5.41) is 8.79. The molecule has 6 heteroatoms. The Hall–Kier alpha value is -2.24. The van der Waals surface area contributed by atoms with E-state index in [1.807, 2.05) is 0 Å². The van der Waals surface area contributed by atoms with Gasteiger partial charge in [0.25, 0.3) is 11.8 Å². The van der Waals surface area contributed by atoms with Gasteiger partial charge in [0.05, 0.1) is 11.1 Å². The molecule has 1 aromatic carbocycles. The number of carbonyl (C=O) groups is 3. The van der Waals surface area contributed by atoms with Crippen LogP contribution in [0.4, 0.5) is 4.39 Å². The largest absolute Gasteiger partial charge is 0.480 e. The van der Waals surface area contributed by atoms with E-state index in [2.05, 4.69) is 0 Å². The first-order valence-electron chi connectivity index (χ1n) is 4.83. The van der Waals surface area contributed by atoms with E-state index in [4.69, 9.17) is 5.11 Å². The number of carbonyl (C=O) groups excluding carboxylic acids is 2. The maximum Gasteiger partial charge on any atom is 0.326 e. The predicted octanol–water partition coefficient (Wildman–Crippen LogP) is 0.895. The maximum atomic E-state index is 13.0. The number of aliphatic carboxylic acids is 1. The van der Waals surface area contributed by atoms with Crippen molar-refractivity contribution >= 4 is 17.8 Å². The van der Waals surface area contributed by atoms with E-state index < -0.39 is 29.6 Å². The van der Waals surface area contributed by atoms with Crippen LogP contribution in [0.1, 0.15) is 27.6 Å². The molecular weight excluding hydrogens is 229 g/mol. The third-order valence-electron chi connectivity index (χ3n) is 2.62. The minimum Gasteiger partial charge on any atom is -0.480 e. The van der Waals surface area contributed by atoms with Crippen LogP contribution in [0.3, 0.4) is 0 Å². The van der Waals surface area contributed by atoms with Crippen LogP contribution in [0.5, 0.6) is 0 Å². The van der Waals surface area contributed by atoms with Gasteiger partial charge in [0.15, 0.2) is 0 Å². The number of rotatable bonds is 2. The van der Waals surface area contributed by atoms with Crippen molar-refractivity contribution < 1.29 is 23.9 Å². The number of fused-ring (bicyclic) bond motifs is 1. The van der Waals surface area contributed by atoms with Crippen LogP contribution in [0.2, 0.25) is 0 Å². The fourth-order valence-corrected chi connectivity index (χ4v) is 1.69. The second-order valence-corrected chi connectivity index (χ2v) is 3.68.